The number of hydrogen-bond donors (Lipinski definition) is 3. The lowest BCUT2D eigenvalue weighted by Crippen LogP contribution is -3.41. The molecule has 8 heteroatoms. The minimum atomic E-state index is -3.50. The van der Waals surface area contributed by atoms with E-state index in [0.29, 0.717) is 23.8 Å². The first-order chi connectivity index (χ1) is 14.1. The van der Waals surface area contributed by atoms with E-state index in [0.717, 1.165) is 37.1 Å². The van der Waals surface area contributed by atoms with Crippen molar-refractivity contribution >= 4 is 26.7 Å². The Kier molecular flexibility index (Phi) is 4.29. The summed E-state index contributed by atoms with van der Waals surface area (Å²) in [5, 5.41) is 0.988. The van der Waals surface area contributed by atoms with Gasteiger partial charge in [0.1, 0.15) is 10.8 Å². The molecule has 162 valence electrons. The Hall–Kier alpha value is -1.74. The number of rotatable bonds is 5. The SMILES string of the molecule is CCN(CC)S(=O)(=O)c1ccc2[nH]cc(C3[NH+]4CC5(C)C[NH+]3CC(C)(C4)C5=O)c2c1. The zero-order valence-electron chi connectivity index (χ0n) is 18.2. The molecule has 4 fully saturated rings. The molecule has 4 bridgehead atoms. The van der Waals surface area contributed by atoms with Gasteiger partial charge in [-0.25, -0.2) is 8.42 Å². The average Bonchev–Trinajstić information content (AvgIpc) is 3.09. The highest BCUT2D eigenvalue weighted by Gasteiger charge is 2.68. The van der Waals surface area contributed by atoms with Crippen LogP contribution in [0.25, 0.3) is 10.9 Å². The molecule has 7 nitrogen and oxygen atoms in total. The Labute approximate surface area is 178 Å². The van der Waals surface area contributed by atoms with Gasteiger partial charge in [-0.1, -0.05) is 13.8 Å². The van der Waals surface area contributed by atoms with Crippen molar-refractivity contribution in [1.29, 1.82) is 0 Å². The summed E-state index contributed by atoms with van der Waals surface area (Å²) in [7, 11) is -3.50. The summed E-state index contributed by atoms with van der Waals surface area (Å²) in [6.45, 7) is 12.4. The van der Waals surface area contributed by atoms with Gasteiger partial charge in [-0.15, -0.1) is 0 Å². The summed E-state index contributed by atoms with van der Waals surface area (Å²) in [5.74, 6) is 0.437. The highest BCUT2D eigenvalue weighted by atomic mass is 32.2. The fraction of sp³-hybridized carbons (Fsp3) is 0.591. The monoisotopic (exact) mass is 432 g/mol. The number of fused-ring (bicyclic) bond motifs is 1. The van der Waals surface area contributed by atoms with Crippen LogP contribution in [-0.2, 0) is 14.8 Å². The number of carbonyl (C=O) groups is 1. The van der Waals surface area contributed by atoms with Crippen molar-refractivity contribution in [2.24, 2.45) is 10.8 Å². The van der Waals surface area contributed by atoms with Crippen LogP contribution >= 0.6 is 0 Å². The van der Waals surface area contributed by atoms with Gasteiger partial charge < -0.3 is 4.98 Å². The maximum Gasteiger partial charge on any atom is 0.243 e. The van der Waals surface area contributed by atoms with E-state index in [1.54, 1.807) is 6.07 Å². The number of aromatic nitrogens is 1. The number of sulfonamides is 1. The maximum atomic E-state index is 13.1. The molecule has 5 heterocycles. The Bertz CT molecular complexity index is 1090. The Balaban J connectivity index is 1.58. The van der Waals surface area contributed by atoms with E-state index in [9.17, 15) is 13.2 Å². The topological polar surface area (TPSA) is 79.1 Å². The van der Waals surface area contributed by atoms with Crippen molar-refractivity contribution in [3.63, 3.8) is 0 Å². The third kappa shape index (κ3) is 2.60. The van der Waals surface area contributed by atoms with Crippen LogP contribution in [-0.4, -0.2) is 62.8 Å². The number of aromatic amines is 1. The predicted octanol–water partition coefficient (Wildman–Crippen LogP) is -0.411. The molecule has 1 aromatic heterocycles. The molecule has 0 radical (unpaired) electrons. The van der Waals surface area contributed by atoms with Gasteiger partial charge in [-0.3, -0.25) is 14.6 Å². The van der Waals surface area contributed by atoms with Crippen LogP contribution in [0.3, 0.4) is 0 Å². The molecule has 0 atom stereocenters. The van der Waals surface area contributed by atoms with E-state index in [-0.39, 0.29) is 17.0 Å². The van der Waals surface area contributed by atoms with Crippen molar-refractivity contribution in [2.75, 3.05) is 39.3 Å². The van der Waals surface area contributed by atoms with Crippen LogP contribution in [0.4, 0.5) is 0 Å². The van der Waals surface area contributed by atoms with Crippen molar-refractivity contribution in [1.82, 2.24) is 9.29 Å². The molecule has 4 saturated heterocycles. The van der Waals surface area contributed by atoms with E-state index < -0.39 is 10.0 Å². The van der Waals surface area contributed by atoms with Crippen LogP contribution in [0.1, 0.15) is 39.4 Å². The number of nitrogens with zero attached hydrogens (tertiary/aromatic N) is 1. The molecular weight excluding hydrogens is 400 g/mol. The maximum absolute atomic E-state index is 13.1. The second-order valence-electron chi connectivity index (χ2n) is 9.95. The zero-order valence-corrected chi connectivity index (χ0v) is 19.0. The summed E-state index contributed by atoms with van der Waals surface area (Å²) >= 11 is 0. The van der Waals surface area contributed by atoms with E-state index >= 15 is 0 Å². The number of Topliss-reactive ketones (excluding diaryl/α,β-unsaturated/α-hetero) is 1. The molecule has 0 amide bonds. The Morgan fingerprint density at radius 1 is 1.07 bits per heavy atom. The lowest BCUT2D eigenvalue weighted by Gasteiger charge is -2.58. The summed E-state index contributed by atoms with van der Waals surface area (Å²) in [4.78, 5) is 19.6. The second kappa shape index (κ2) is 6.38. The van der Waals surface area contributed by atoms with Crippen LogP contribution in [0, 0.1) is 10.8 Å². The molecule has 3 N–H and O–H groups in total. The largest absolute Gasteiger partial charge is 0.360 e. The molecule has 0 aliphatic carbocycles. The first-order valence-corrected chi connectivity index (χ1v) is 12.4. The second-order valence-corrected chi connectivity index (χ2v) is 11.9. The number of H-pyrrole nitrogens is 1. The number of ketones is 1. The molecule has 4 aliphatic rings. The number of hydrogen-bond acceptors (Lipinski definition) is 3. The summed E-state index contributed by atoms with van der Waals surface area (Å²) in [5.41, 5.74) is 1.66. The van der Waals surface area contributed by atoms with E-state index in [1.165, 1.54) is 19.7 Å². The number of benzene rings is 1. The van der Waals surface area contributed by atoms with Gasteiger partial charge in [0.25, 0.3) is 0 Å². The number of nitrogens with one attached hydrogen (secondary N) is 3. The quantitative estimate of drug-likeness (QED) is 0.601. The molecule has 4 aliphatic heterocycles. The highest BCUT2D eigenvalue weighted by molar-refractivity contribution is 7.89. The first kappa shape index (κ1) is 20.2. The molecule has 6 rings (SSSR count). The molecule has 2 aromatic rings. The lowest BCUT2D eigenvalue weighted by molar-refractivity contribution is -1.18. The van der Waals surface area contributed by atoms with Crippen LogP contribution in [0.5, 0.6) is 0 Å². The molecule has 30 heavy (non-hydrogen) atoms. The molecule has 0 unspecified atom stereocenters. The lowest BCUT2D eigenvalue weighted by atomic mass is 9.62. The Morgan fingerprint density at radius 3 is 2.17 bits per heavy atom. The summed E-state index contributed by atoms with van der Waals surface area (Å²) in [6.07, 6.45) is 2.29. The van der Waals surface area contributed by atoms with Gasteiger partial charge in [0, 0.05) is 30.2 Å². The van der Waals surface area contributed by atoms with Crippen LogP contribution in [0.15, 0.2) is 29.3 Å². The molecule has 0 spiro atoms. The fourth-order valence-corrected chi connectivity index (χ4v) is 8.16. The fourth-order valence-electron chi connectivity index (χ4n) is 6.67. The highest BCUT2D eigenvalue weighted by Crippen LogP contribution is 2.37. The first-order valence-electron chi connectivity index (χ1n) is 11.0. The molecular formula is C22H32N4O3S+2. The van der Waals surface area contributed by atoms with Gasteiger partial charge in [-0.2, -0.15) is 4.31 Å². The standard InChI is InChI=1S/C22H30N4O3S/c1-5-26(6-2)30(28,29)15-7-8-18-16(9-15)17(10-23-18)19-24-11-21(3)12-25(19)14-22(4,13-24)20(21)27/h7-10,19,23H,5-6,11-14H2,1-4H3/p+2. The normalized spacial score (nSPS) is 35.6. The predicted molar refractivity (Wildman–Crippen MR) is 114 cm³/mol. The van der Waals surface area contributed by atoms with Gasteiger partial charge in [0.2, 0.25) is 16.2 Å². The smallest absolute Gasteiger partial charge is 0.243 e. The minimum absolute atomic E-state index is 0.236. The Morgan fingerprint density at radius 2 is 1.63 bits per heavy atom. The van der Waals surface area contributed by atoms with Crippen LogP contribution < -0.4 is 9.80 Å². The van der Waals surface area contributed by atoms with Gasteiger partial charge >= 0.3 is 0 Å². The summed E-state index contributed by atoms with van der Waals surface area (Å²) < 4.78 is 27.7. The summed E-state index contributed by atoms with van der Waals surface area (Å²) in [6, 6.07) is 5.43. The van der Waals surface area contributed by atoms with Crippen molar-refractivity contribution in [2.45, 2.75) is 38.8 Å². The van der Waals surface area contributed by atoms with Crippen molar-refractivity contribution in [3.8, 4) is 0 Å². The van der Waals surface area contributed by atoms with E-state index in [2.05, 4.69) is 25.0 Å². The number of carbonyl (C=O) groups excluding carboxylic acids is 1. The number of piperidine rings is 2. The zero-order chi connectivity index (χ0) is 21.5. The van der Waals surface area contributed by atoms with Gasteiger partial charge in [0.05, 0.1) is 36.6 Å². The van der Waals surface area contributed by atoms with Gasteiger partial charge in [-0.05, 0) is 32.0 Å². The van der Waals surface area contributed by atoms with Crippen LogP contribution in [0.2, 0.25) is 0 Å². The third-order valence-electron chi connectivity index (χ3n) is 7.72. The van der Waals surface area contributed by atoms with E-state index in [4.69, 9.17) is 0 Å². The van der Waals surface area contributed by atoms with E-state index in [1.807, 2.05) is 26.0 Å². The molecule has 1 aromatic carbocycles. The minimum Gasteiger partial charge on any atom is -0.360 e. The van der Waals surface area contributed by atoms with Crippen molar-refractivity contribution in [3.05, 3.63) is 30.0 Å². The average molecular weight is 433 g/mol. The van der Waals surface area contributed by atoms with Crippen molar-refractivity contribution < 1.29 is 23.0 Å². The third-order valence-corrected chi connectivity index (χ3v) is 9.77. The number of quaternary nitrogens is 2. The van der Waals surface area contributed by atoms with Gasteiger partial charge in [0.15, 0.2) is 5.78 Å². The molecule has 0 saturated carbocycles.